The van der Waals surface area contributed by atoms with Crippen molar-refractivity contribution in [3.05, 3.63) is 24.3 Å². The highest BCUT2D eigenvalue weighted by Gasteiger charge is 2.60. The molecule has 0 aromatic heterocycles. The molecule has 0 spiro atoms. The van der Waals surface area contributed by atoms with E-state index in [1.54, 1.807) is 0 Å². The molecule has 0 aromatic rings. The highest BCUT2D eigenvalue weighted by molar-refractivity contribution is 6.01. The number of carbonyl (C=O) groups excluding carboxylic acids is 2. The number of rotatable bonds is 0. The Labute approximate surface area is 119 Å². The summed E-state index contributed by atoms with van der Waals surface area (Å²) in [4.78, 5) is 26.2. The molecule has 0 N–H and O–H groups in total. The van der Waals surface area contributed by atoms with Gasteiger partial charge in [0.15, 0.2) is 0 Å². The van der Waals surface area contributed by atoms with Crippen LogP contribution in [-0.4, -0.2) is 11.6 Å². The second-order valence-corrected chi connectivity index (χ2v) is 7.49. The lowest BCUT2D eigenvalue weighted by Crippen LogP contribution is -2.60. The molecule has 3 fully saturated rings. The molecule has 2 heteroatoms. The molecular formula is C18H20O2. The van der Waals surface area contributed by atoms with Crippen molar-refractivity contribution in [3.8, 4) is 0 Å². The van der Waals surface area contributed by atoms with Crippen LogP contribution in [-0.2, 0) is 9.59 Å². The summed E-state index contributed by atoms with van der Waals surface area (Å²) in [6.45, 7) is 0. The molecular weight excluding hydrogens is 248 g/mol. The zero-order valence-electron chi connectivity index (χ0n) is 11.6. The van der Waals surface area contributed by atoms with Crippen LogP contribution >= 0.6 is 0 Å². The van der Waals surface area contributed by atoms with Crippen LogP contribution in [0.25, 0.3) is 0 Å². The van der Waals surface area contributed by atoms with Crippen LogP contribution < -0.4 is 0 Å². The maximum atomic E-state index is 13.1. The maximum Gasteiger partial charge on any atom is 0.141 e. The number of hydrogen-bond donors (Lipinski definition) is 0. The number of allylic oxidation sites excluding steroid dienone is 4. The lowest BCUT2D eigenvalue weighted by atomic mass is 9.47. The van der Waals surface area contributed by atoms with Crippen molar-refractivity contribution in [1.29, 1.82) is 0 Å². The average Bonchev–Trinajstić information content (AvgIpc) is 2.53. The van der Waals surface area contributed by atoms with Crippen molar-refractivity contribution in [2.75, 3.05) is 0 Å². The average molecular weight is 268 g/mol. The van der Waals surface area contributed by atoms with E-state index in [-0.39, 0.29) is 23.7 Å². The molecule has 8 atom stereocenters. The summed E-state index contributed by atoms with van der Waals surface area (Å²) in [5.74, 6) is 2.41. The summed E-state index contributed by atoms with van der Waals surface area (Å²) in [5.41, 5.74) is 0. The van der Waals surface area contributed by atoms with E-state index in [2.05, 4.69) is 24.3 Å². The Bertz CT molecular complexity index is 464. The lowest BCUT2D eigenvalue weighted by molar-refractivity contribution is -0.159. The molecule has 0 saturated heterocycles. The first-order valence-electron chi connectivity index (χ1n) is 8.20. The number of carbonyl (C=O) groups is 2. The molecule has 7 aliphatic carbocycles. The Kier molecular flexibility index (Phi) is 2.13. The van der Waals surface area contributed by atoms with Gasteiger partial charge in [-0.1, -0.05) is 24.3 Å². The quantitative estimate of drug-likeness (QED) is 0.633. The van der Waals surface area contributed by atoms with Crippen LogP contribution in [0, 0.1) is 47.3 Å². The number of hydrogen-bond acceptors (Lipinski definition) is 2. The van der Waals surface area contributed by atoms with Crippen LogP contribution in [0.5, 0.6) is 0 Å². The van der Waals surface area contributed by atoms with Gasteiger partial charge in [0.1, 0.15) is 11.6 Å². The van der Waals surface area contributed by atoms with Gasteiger partial charge in [-0.25, -0.2) is 0 Å². The normalized spacial score (nSPS) is 55.0. The summed E-state index contributed by atoms with van der Waals surface area (Å²) in [6, 6.07) is 0. The van der Waals surface area contributed by atoms with Gasteiger partial charge < -0.3 is 0 Å². The van der Waals surface area contributed by atoms with Gasteiger partial charge in [0.05, 0.1) is 0 Å². The molecule has 7 rings (SSSR count). The minimum atomic E-state index is 0.0280. The Morgan fingerprint density at radius 2 is 0.800 bits per heavy atom. The second kappa shape index (κ2) is 3.72. The molecule has 7 aliphatic rings. The summed E-state index contributed by atoms with van der Waals surface area (Å²) in [7, 11) is 0. The molecule has 20 heavy (non-hydrogen) atoms. The third kappa shape index (κ3) is 1.22. The first kappa shape index (κ1) is 11.5. The Hall–Kier alpha value is -1.18. The van der Waals surface area contributed by atoms with Gasteiger partial charge in [-0.05, 0) is 49.4 Å². The standard InChI is InChI=1S/C18H20O2/c19-17-13-9-1-2-10(4-3-9)14(13)18(20)16-12-7-5-11(6-8-12)15(16)17/h1-2,5,7,9-16H,3-4,6,8H2. The smallest absolute Gasteiger partial charge is 0.141 e. The number of fused-ring (bicyclic) bond motifs is 2. The van der Waals surface area contributed by atoms with Crippen molar-refractivity contribution in [2.45, 2.75) is 25.7 Å². The predicted molar refractivity (Wildman–Crippen MR) is 74.7 cm³/mol. The van der Waals surface area contributed by atoms with Crippen molar-refractivity contribution < 1.29 is 9.59 Å². The van der Waals surface area contributed by atoms with Crippen molar-refractivity contribution in [1.82, 2.24) is 0 Å². The van der Waals surface area contributed by atoms with E-state index in [0.29, 0.717) is 35.2 Å². The van der Waals surface area contributed by atoms with E-state index in [9.17, 15) is 9.59 Å². The molecule has 3 saturated carbocycles. The largest absolute Gasteiger partial charge is 0.299 e. The van der Waals surface area contributed by atoms with Crippen LogP contribution in [0.3, 0.4) is 0 Å². The van der Waals surface area contributed by atoms with Gasteiger partial charge in [0.25, 0.3) is 0 Å². The third-order valence-corrected chi connectivity index (χ3v) is 6.81. The van der Waals surface area contributed by atoms with Crippen molar-refractivity contribution in [3.63, 3.8) is 0 Å². The van der Waals surface area contributed by atoms with Gasteiger partial charge in [0.2, 0.25) is 0 Å². The monoisotopic (exact) mass is 268 g/mol. The third-order valence-electron chi connectivity index (χ3n) is 6.81. The van der Waals surface area contributed by atoms with Gasteiger partial charge in [-0.3, -0.25) is 9.59 Å². The fourth-order valence-corrected chi connectivity index (χ4v) is 5.98. The van der Waals surface area contributed by atoms with Crippen LogP contribution in [0.2, 0.25) is 0 Å². The van der Waals surface area contributed by atoms with Gasteiger partial charge in [-0.15, -0.1) is 0 Å². The summed E-state index contributed by atoms with van der Waals surface area (Å²) >= 11 is 0. The Morgan fingerprint density at radius 3 is 1.00 bits per heavy atom. The van der Waals surface area contributed by atoms with E-state index in [0.717, 1.165) is 25.7 Å². The highest BCUT2D eigenvalue weighted by atomic mass is 16.1. The van der Waals surface area contributed by atoms with E-state index >= 15 is 0 Å². The first-order valence-corrected chi connectivity index (χ1v) is 8.20. The topological polar surface area (TPSA) is 34.1 Å². The summed E-state index contributed by atoms with van der Waals surface area (Å²) in [6.07, 6.45) is 13.4. The molecule has 0 aromatic carbocycles. The van der Waals surface area contributed by atoms with Crippen LogP contribution in [0.1, 0.15) is 25.7 Å². The fourth-order valence-electron chi connectivity index (χ4n) is 5.98. The molecule has 104 valence electrons. The fraction of sp³-hybridized carbons (Fsp3) is 0.667. The number of Topliss-reactive ketones (excluding diaryl/α,β-unsaturated/α-hetero) is 2. The zero-order chi connectivity index (χ0) is 13.4. The van der Waals surface area contributed by atoms with Crippen LogP contribution in [0.4, 0.5) is 0 Å². The van der Waals surface area contributed by atoms with E-state index in [4.69, 9.17) is 0 Å². The molecule has 0 amide bonds. The Balaban J connectivity index is 1.63. The van der Waals surface area contributed by atoms with Gasteiger partial charge >= 0.3 is 0 Å². The molecule has 8 unspecified atom stereocenters. The molecule has 2 nitrogen and oxygen atoms in total. The SMILES string of the molecule is O=C1C2C3C=CC(CC3)C2C(=O)C2C3C=CC(CC3)C12. The molecule has 0 heterocycles. The molecule has 0 radical (unpaired) electrons. The second-order valence-electron chi connectivity index (χ2n) is 7.49. The maximum absolute atomic E-state index is 13.1. The molecule has 4 bridgehead atoms. The zero-order valence-corrected chi connectivity index (χ0v) is 11.6. The molecule has 0 aliphatic heterocycles. The minimum Gasteiger partial charge on any atom is -0.299 e. The Morgan fingerprint density at radius 1 is 0.550 bits per heavy atom. The van der Waals surface area contributed by atoms with E-state index in [1.165, 1.54) is 0 Å². The van der Waals surface area contributed by atoms with Crippen LogP contribution in [0.15, 0.2) is 24.3 Å². The van der Waals surface area contributed by atoms with E-state index < -0.39 is 0 Å². The van der Waals surface area contributed by atoms with E-state index in [1.807, 2.05) is 0 Å². The van der Waals surface area contributed by atoms with Gasteiger partial charge in [0, 0.05) is 23.7 Å². The highest BCUT2D eigenvalue weighted by Crippen LogP contribution is 2.57. The summed E-state index contributed by atoms with van der Waals surface area (Å²) in [5, 5.41) is 0. The lowest BCUT2D eigenvalue weighted by Gasteiger charge is -2.55. The van der Waals surface area contributed by atoms with Crippen molar-refractivity contribution in [2.24, 2.45) is 47.3 Å². The van der Waals surface area contributed by atoms with Gasteiger partial charge in [-0.2, -0.15) is 0 Å². The van der Waals surface area contributed by atoms with Crippen molar-refractivity contribution >= 4 is 11.6 Å². The summed E-state index contributed by atoms with van der Waals surface area (Å²) < 4.78 is 0. The first-order chi connectivity index (χ1) is 9.75. The predicted octanol–water partition coefficient (Wildman–Crippen LogP) is 2.80. The number of ketones is 2. The minimum absolute atomic E-state index is 0.0280.